The first kappa shape index (κ1) is 14.8. The minimum Gasteiger partial charge on any atom is -0.367 e. The second-order valence-corrected chi connectivity index (χ2v) is 5.31. The predicted molar refractivity (Wildman–Crippen MR) is 78.1 cm³/mol. The van der Waals surface area contributed by atoms with Gasteiger partial charge in [-0.15, -0.1) is 0 Å². The van der Waals surface area contributed by atoms with Crippen LogP contribution in [0.15, 0.2) is 18.2 Å². The lowest BCUT2D eigenvalue weighted by Gasteiger charge is -2.27. The van der Waals surface area contributed by atoms with Gasteiger partial charge in [-0.3, -0.25) is 4.79 Å². The molecule has 1 aromatic rings. The number of carbonyl (C=O) groups is 1. The maximum atomic E-state index is 14.2. The van der Waals surface area contributed by atoms with Crippen molar-refractivity contribution in [2.75, 3.05) is 31.1 Å². The van der Waals surface area contributed by atoms with Crippen LogP contribution in [0.1, 0.15) is 31.9 Å². The van der Waals surface area contributed by atoms with E-state index in [2.05, 4.69) is 0 Å². The summed E-state index contributed by atoms with van der Waals surface area (Å²) in [5.74, 6) is -0.163. The van der Waals surface area contributed by atoms with E-state index >= 15 is 0 Å². The third-order valence-corrected chi connectivity index (χ3v) is 3.77. The van der Waals surface area contributed by atoms with Gasteiger partial charge in [0, 0.05) is 39.1 Å². The summed E-state index contributed by atoms with van der Waals surface area (Å²) < 4.78 is 14.2. The van der Waals surface area contributed by atoms with Crippen molar-refractivity contribution in [3.63, 3.8) is 0 Å². The Morgan fingerprint density at radius 3 is 2.70 bits per heavy atom. The molecule has 110 valence electrons. The van der Waals surface area contributed by atoms with Crippen LogP contribution in [0.5, 0.6) is 0 Å². The smallest absolute Gasteiger partial charge is 0.219 e. The van der Waals surface area contributed by atoms with Gasteiger partial charge in [0.05, 0.1) is 5.69 Å². The fourth-order valence-electron chi connectivity index (χ4n) is 2.69. The highest BCUT2D eigenvalue weighted by Crippen LogP contribution is 2.29. The molecule has 0 saturated carbocycles. The number of benzene rings is 1. The van der Waals surface area contributed by atoms with E-state index < -0.39 is 0 Å². The van der Waals surface area contributed by atoms with Crippen molar-refractivity contribution < 1.29 is 9.18 Å². The molecule has 1 heterocycles. The molecule has 1 unspecified atom stereocenters. The molecule has 1 aromatic carbocycles. The highest BCUT2D eigenvalue weighted by molar-refractivity contribution is 5.73. The highest BCUT2D eigenvalue weighted by atomic mass is 19.1. The molecule has 1 fully saturated rings. The fourth-order valence-corrected chi connectivity index (χ4v) is 2.69. The summed E-state index contributed by atoms with van der Waals surface area (Å²) in [4.78, 5) is 15.3. The first-order chi connectivity index (χ1) is 9.50. The van der Waals surface area contributed by atoms with Gasteiger partial charge in [-0.25, -0.2) is 4.39 Å². The van der Waals surface area contributed by atoms with Crippen LogP contribution in [-0.4, -0.2) is 37.0 Å². The van der Waals surface area contributed by atoms with E-state index in [-0.39, 0.29) is 17.8 Å². The summed E-state index contributed by atoms with van der Waals surface area (Å²) in [5.41, 5.74) is 7.36. The number of anilines is 1. The maximum Gasteiger partial charge on any atom is 0.219 e. The van der Waals surface area contributed by atoms with Gasteiger partial charge in [0.15, 0.2) is 0 Å². The summed E-state index contributed by atoms with van der Waals surface area (Å²) in [5, 5.41) is 0. The van der Waals surface area contributed by atoms with Crippen molar-refractivity contribution in [3.05, 3.63) is 29.6 Å². The lowest BCUT2D eigenvalue weighted by molar-refractivity contribution is -0.128. The average molecular weight is 279 g/mol. The van der Waals surface area contributed by atoms with E-state index in [0.29, 0.717) is 18.8 Å². The van der Waals surface area contributed by atoms with E-state index in [0.717, 1.165) is 25.1 Å². The minimum absolute atomic E-state index is 0.0767. The Bertz CT molecular complexity index is 490. The number of amides is 1. The van der Waals surface area contributed by atoms with Crippen molar-refractivity contribution >= 4 is 11.6 Å². The molecule has 0 aliphatic carbocycles. The molecule has 0 bridgehead atoms. The summed E-state index contributed by atoms with van der Waals surface area (Å²) in [6.07, 6.45) is 0.840. The Hall–Kier alpha value is -1.62. The van der Waals surface area contributed by atoms with E-state index in [1.165, 1.54) is 6.07 Å². The molecule has 0 aromatic heterocycles. The second kappa shape index (κ2) is 6.22. The molecular weight excluding hydrogens is 257 g/mol. The number of nitrogens with two attached hydrogens (primary N) is 1. The SMILES string of the molecule is CC(=O)N1CCCN(c2c(F)cccc2C(C)N)CC1. The lowest BCUT2D eigenvalue weighted by Crippen LogP contribution is -2.34. The molecular formula is C15H22FN3O. The average Bonchev–Trinajstić information content (AvgIpc) is 2.64. The third-order valence-electron chi connectivity index (χ3n) is 3.77. The van der Waals surface area contributed by atoms with Gasteiger partial charge in [0.1, 0.15) is 5.82 Å². The zero-order valence-electron chi connectivity index (χ0n) is 12.1. The van der Waals surface area contributed by atoms with Crippen molar-refractivity contribution in [1.29, 1.82) is 0 Å². The molecule has 4 nitrogen and oxygen atoms in total. The largest absolute Gasteiger partial charge is 0.367 e. The zero-order chi connectivity index (χ0) is 14.7. The number of para-hydroxylation sites is 1. The molecule has 1 saturated heterocycles. The first-order valence-corrected chi connectivity index (χ1v) is 7.05. The number of hydrogen-bond acceptors (Lipinski definition) is 3. The number of halogens is 1. The van der Waals surface area contributed by atoms with Gasteiger partial charge in [0.25, 0.3) is 0 Å². The molecule has 1 aliphatic heterocycles. The molecule has 1 aliphatic rings. The maximum absolute atomic E-state index is 14.2. The molecule has 0 radical (unpaired) electrons. The molecule has 1 atom stereocenters. The Morgan fingerprint density at radius 2 is 2.05 bits per heavy atom. The van der Waals surface area contributed by atoms with Crippen LogP contribution in [0, 0.1) is 5.82 Å². The second-order valence-electron chi connectivity index (χ2n) is 5.31. The molecule has 20 heavy (non-hydrogen) atoms. The summed E-state index contributed by atoms with van der Waals surface area (Å²) in [6.45, 7) is 6.17. The summed E-state index contributed by atoms with van der Waals surface area (Å²) in [7, 11) is 0. The molecule has 0 spiro atoms. The minimum atomic E-state index is -0.240. The van der Waals surface area contributed by atoms with Gasteiger partial charge < -0.3 is 15.5 Å². The van der Waals surface area contributed by atoms with Gasteiger partial charge in [-0.1, -0.05) is 12.1 Å². The van der Waals surface area contributed by atoms with Crippen LogP contribution in [0.25, 0.3) is 0 Å². The number of hydrogen-bond donors (Lipinski definition) is 1. The van der Waals surface area contributed by atoms with Crippen molar-refractivity contribution in [2.45, 2.75) is 26.3 Å². The Morgan fingerprint density at radius 1 is 1.30 bits per heavy atom. The van der Waals surface area contributed by atoms with E-state index in [1.54, 1.807) is 13.0 Å². The third kappa shape index (κ3) is 3.10. The summed E-state index contributed by atoms with van der Waals surface area (Å²) in [6, 6.07) is 4.82. The van der Waals surface area contributed by atoms with Crippen LogP contribution >= 0.6 is 0 Å². The van der Waals surface area contributed by atoms with Crippen LogP contribution < -0.4 is 10.6 Å². The lowest BCUT2D eigenvalue weighted by atomic mass is 10.1. The van der Waals surface area contributed by atoms with Crippen LogP contribution in [0.2, 0.25) is 0 Å². The quantitative estimate of drug-likeness (QED) is 0.899. The van der Waals surface area contributed by atoms with Crippen LogP contribution in [-0.2, 0) is 4.79 Å². The Labute approximate surface area is 119 Å². The van der Waals surface area contributed by atoms with Crippen molar-refractivity contribution in [1.82, 2.24) is 4.90 Å². The molecule has 5 heteroatoms. The Balaban J connectivity index is 2.25. The van der Waals surface area contributed by atoms with Crippen LogP contribution in [0.4, 0.5) is 10.1 Å². The number of rotatable bonds is 2. The Kier molecular flexibility index (Phi) is 4.60. The van der Waals surface area contributed by atoms with Gasteiger partial charge >= 0.3 is 0 Å². The van der Waals surface area contributed by atoms with Crippen molar-refractivity contribution in [2.24, 2.45) is 5.73 Å². The zero-order valence-corrected chi connectivity index (χ0v) is 12.1. The fraction of sp³-hybridized carbons (Fsp3) is 0.533. The molecule has 2 rings (SSSR count). The number of carbonyl (C=O) groups excluding carboxylic acids is 1. The number of nitrogens with zero attached hydrogens (tertiary/aromatic N) is 2. The molecule has 1 amide bonds. The van der Waals surface area contributed by atoms with E-state index in [9.17, 15) is 9.18 Å². The van der Waals surface area contributed by atoms with E-state index in [1.807, 2.05) is 22.8 Å². The topological polar surface area (TPSA) is 49.6 Å². The monoisotopic (exact) mass is 279 g/mol. The normalized spacial score (nSPS) is 17.8. The molecule has 2 N–H and O–H groups in total. The van der Waals surface area contributed by atoms with Gasteiger partial charge in [-0.2, -0.15) is 0 Å². The standard InChI is InChI=1S/C15H22FN3O/c1-11(17)13-5-3-6-14(16)15(13)19-8-4-7-18(9-10-19)12(2)20/h3,5-6,11H,4,7-10,17H2,1-2H3. The van der Waals surface area contributed by atoms with Crippen molar-refractivity contribution in [3.8, 4) is 0 Å². The first-order valence-electron chi connectivity index (χ1n) is 7.05. The van der Waals surface area contributed by atoms with Gasteiger partial charge in [0.2, 0.25) is 5.91 Å². The highest BCUT2D eigenvalue weighted by Gasteiger charge is 2.22. The van der Waals surface area contributed by atoms with Crippen LogP contribution in [0.3, 0.4) is 0 Å². The summed E-state index contributed by atoms with van der Waals surface area (Å²) >= 11 is 0. The van der Waals surface area contributed by atoms with Gasteiger partial charge in [-0.05, 0) is 25.0 Å². The van der Waals surface area contributed by atoms with E-state index in [4.69, 9.17) is 5.73 Å². The predicted octanol–water partition coefficient (Wildman–Crippen LogP) is 1.90.